The summed E-state index contributed by atoms with van der Waals surface area (Å²) in [6.45, 7) is 9.19. The van der Waals surface area contributed by atoms with Crippen molar-refractivity contribution in [1.29, 1.82) is 0 Å². The summed E-state index contributed by atoms with van der Waals surface area (Å²) in [5.74, 6) is 1.53. The first kappa shape index (κ1) is 24.5. The normalized spacial score (nSPS) is 14.5. The molecule has 0 aliphatic carbocycles. The van der Waals surface area contributed by atoms with Gasteiger partial charge >= 0.3 is 0 Å². The van der Waals surface area contributed by atoms with Gasteiger partial charge in [-0.1, -0.05) is 35.4 Å². The number of pyridine rings is 1. The summed E-state index contributed by atoms with van der Waals surface area (Å²) in [4.78, 5) is 17.2. The molecule has 0 unspecified atom stereocenters. The van der Waals surface area contributed by atoms with E-state index >= 15 is 0 Å². The highest BCUT2D eigenvalue weighted by atomic mass is 16.5. The number of nitrogens with zero attached hydrogens (tertiary/aromatic N) is 3. The monoisotopic (exact) mass is 471 g/mol. The van der Waals surface area contributed by atoms with E-state index in [1.54, 1.807) is 11.2 Å². The van der Waals surface area contributed by atoms with E-state index in [9.17, 15) is 4.79 Å². The van der Waals surface area contributed by atoms with Gasteiger partial charge in [0, 0.05) is 19.0 Å². The molecular weight excluding hydrogens is 438 g/mol. The maximum absolute atomic E-state index is 13.0. The van der Waals surface area contributed by atoms with Crippen molar-refractivity contribution < 1.29 is 14.3 Å². The maximum atomic E-state index is 13.0. The van der Waals surface area contributed by atoms with Crippen LogP contribution in [0.15, 0.2) is 72.0 Å². The van der Waals surface area contributed by atoms with Crippen molar-refractivity contribution in [3.05, 3.63) is 89.2 Å². The van der Waals surface area contributed by atoms with Gasteiger partial charge in [-0.25, -0.2) is 5.01 Å². The smallest absolute Gasteiger partial charge is 0.243 e. The molecule has 0 saturated carbocycles. The van der Waals surface area contributed by atoms with E-state index in [-0.39, 0.29) is 11.4 Å². The average Bonchev–Trinajstić information content (AvgIpc) is 3.16. The second-order valence-corrected chi connectivity index (χ2v) is 9.65. The van der Waals surface area contributed by atoms with Crippen LogP contribution in [-0.4, -0.2) is 33.8 Å². The molecule has 2 aromatic carbocycles. The minimum Gasteiger partial charge on any atom is -0.494 e. The van der Waals surface area contributed by atoms with Crippen LogP contribution in [0.3, 0.4) is 0 Å². The number of rotatable bonds is 9. The Kier molecular flexibility index (Phi) is 7.49. The molecule has 0 saturated heterocycles. The second-order valence-electron chi connectivity index (χ2n) is 9.65. The Morgan fingerprint density at radius 1 is 0.971 bits per heavy atom. The van der Waals surface area contributed by atoms with Gasteiger partial charge in [-0.3, -0.25) is 9.78 Å². The number of benzene rings is 2. The minimum atomic E-state index is -0.337. The zero-order chi connectivity index (χ0) is 24.8. The van der Waals surface area contributed by atoms with E-state index in [2.05, 4.69) is 50.9 Å². The lowest BCUT2D eigenvalue weighted by molar-refractivity contribution is -0.135. The molecule has 6 heteroatoms. The van der Waals surface area contributed by atoms with Crippen molar-refractivity contribution in [2.75, 3.05) is 6.61 Å². The van der Waals surface area contributed by atoms with E-state index < -0.39 is 0 Å². The Labute approximate surface area is 207 Å². The van der Waals surface area contributed by atoms with Gasteiger partial charge in [0.15, 0.2) is 0 Å². The Balaban J connectivity index is 1.25. The Morgan fingerprint density at radius 2 is 1.66 bits per heavy atom. The van der Waals surface area contributed by atoms with Gasteiger partial charge in [0.05, 0.1) is 23.6 Å². The van der Waals surface area contributed by atoms with Crippen LogP contribution in [0, 0.1) is 13.8 Å². The standard InChI is InChI=1S/C29H33N3O3/c1-21-16-22(2)18-23(17-21)27-19-29(3,4)32(31-27)28(33)9-7-15-34-25-10-12-26(13-11-25)35-20-24-8-5-6-14-30-24/h5-6,8,10-14,16-18H,7,9,15,19-20H2,1-4H3. The Morgan fingerprint density at radius 3 is 2.31 bits per heavy atom. The fourth-order valence-corrected chi connectivity index (χ4v) is 4.26. The van der Waals surface area contributed by atoms with Gasteiger partial charge in [0.25, 0.3) is 0 Å². The van der Waals surface area contributed by atoms with Crippen LogP contribution in [0.5, 0.6) is 11.5 Å². The molecule has 3 aromatic rings. The Hall–Kier alpha value is -3.67. The summed E-state index contributed by atoms with van der Waals surface area (Å²) in [7, 11) is 0. The summed E-state index contributed by atoms with van der Waals surface area (Å²) >= 11 is 0. The van der Waals surface area contributed by atoms with Crippen LogP contribution < -0.4 is 9.47 Å². The number of carbonyl (C=O) groups excluding carboxylic acids is 1. The quantitative estimate of drug-likeness (QED) is 0.367. The molecule has 2 heterocycles. The third kappa shape index (κ3) is 6.47. The summed E-state index contributed by atoms with van der Waals surface area (Å²) < 4.78 is 11.6. The predicted octanol–water partition coefficient (Wildman–Crippen LogP) is 5.85. The first-order valence-corrected chi connectivity index (χ1v) is 12.0. The molecule has 0 spiro atoms. The van der Waals surface area contributed by atoms with Crippen molar-refractivity contribution >= 4 is 11.6 Å². The number of hydrogen-bond donors (Lipinski definition) is 0. The number of amides is 1. The fraction of sp³-hybridized carbons (Fsp3) is 0.345. The first-order valence-electron chi connectivity index (χ1n) is 12.0. The highest BCUT2D eigenvalue weighted by molar-refractivity contribution is 6.03. The van der Waals surface area contributed by atoms with Crippen LogP contribution in [-0.2, 0) is 11.4 Å². The fourth-order valence-electron chi connectivity index (χ4n) is 4.26. The number of hydrogen-bond acceptors (Lipinski definition) is 5. The molecule has 1 aliphatic heterocycles. The minimum absolute atomic E-state index is 0.0243. The largest absolute Gasteiger partial charge is 0.494 e. The lowest BCUT2D eigenvalue weighted by Gasteiger charge is -2.28. The molecule has 0 bridgehead atoms. The van der Waals surface area contributed by atoms with Crippen LogP contribution in [0.4, 0.5) is 0 Å². The van der Waals surface area contributed by atoms with Gasteiger partial charge in [-0.05, 0) is 76.1 Å². The van der Waals surface area contributed by atoms with Gasteiger partial charge in [0.2, 0.25) is 5.91 Å². The lowest BCUT2D eigenvalue weighted by atomic mass is 9.93. The second kappa shape index (κ2) is 10.7. The summed E-state index contributed by atoms with van der Waals surface area (Å²) in [5.41, 5.74) is 5.02. The Bertz CT molecular complexity index is 1170. The molecule has 1 aliphatic rings. The number of aryl methyl sites for hydroxylation is 2. The van der Waals surface area contributed by atoms with Crippen molar-refractivity contribution in [2.45, 2.75) is 59.1 Å². The van der Waals surface area contributed by atoms with E-state index in [0.717, 1.165) is 34.9 Å². The maximum Gasteiger partial charge on any atom is 0.243 e. The van der Waals surface area contributed by atoms with E-state index in [1.165, 1.54) is 11.1 Å². The highest BCUT2D eigenvalue weighted by Crippen LogP contribution is 2.31. The topological polar surface area (TPSA) is 64.0 Å². The lowest BCUT2D eigenvalue weighted by Crippen LogP contribution is -2.40. The third-order valence-electron chi connectivity index (χ3n) is 5.93. The zero-order valence-electron chi connectivity index (χ0n) is 21.0. The predicted molar refractivity (Wildman–Crippen MR) is 138 cm³/mol. The van der Waals surface area contributed by atoms with Gasteiger partial charge in [0.1, 0.15) is 18.1 Å². The number of aromatic nitrogens is 1. The van der Waals surface area contributed by atoms with Crippen LogP contribution in [0.2, 0.25) is 0 Å². The molecule has 0 atom stereocenters. The van der Waals surface area contributed by atoms with Crippen molar-refractivity contribution in [3.8, 4) is 11.5 Å². The molecule has 6 nitrogen and oxygen atoms in total. The molecule has 4 rings (SSSR count). The molecule has 0 fully saturated rings. The first-order chi connectivity index (χ1) is 16.8. The van der Waals surface area contributed by atoms with Crippen molar-refractivity contribution in [1.82, 2.24) is 9.99 Å². The van der Waals surface area contributed by atoms with Crippen molar-refractivity contribution in [2.24, 2.45) is 5.10 Å². The summed E-state index contributed by atoms with van der Waals surface area (Å²) in [6.07, 6.45) is 3.50. The van der Waals surface area contributed by atoms with Gasteiger partial charge < -0.3 is 9.47 Å². The molecular formula is C29H33N3O3. The van der Waals surface area contributed by atoms with Crippen LogP contribution >= 0.6 is 0 Å². The zero-order valence-corrected chi connectivity index (χ0v) is 21.0. The summed E-state index contributed by atoms with van der Waals surface area (Å²) in [5, 5.41) is 6.38. The van der Waals surface area contributed by atoms with E-state index in [4.69, 9.17) is 14.6 Å². The molecule has 0 radical (unpaired) electrons. The van der Waals surface area contributed by atoms with Gasteiger partial charge in [-0.2, -0.15) is 5.10 Å². The van der Waals surface area contributed by atoms with E-state index in [0.29, 0.717) is 26.1 Å². The number of hydrazone groups is 1. The number of carbonyl (C=O) groups is 1. The SMILES string of the molecule is Cc1cc(C)cc(C2=NN(C(=O)CCCOc3ccc(OCc4ccccn4)cc3)C(C)(C)C2)c1. The molecule has 35 heavy (non-hydrogen) atoms. The van der Waals surface area contributed by atoms with E-state index in [1.807, 2.05) is 42.5 Å². The third-order valence-corrected chi connectivity index (χ3v) is 5.93. The molecule has 0 N–H and O–H groups in total. The molecule has 1 aromatic heterocycles. The highest BCUT2D eigenvalue weighted by Gasteiger charge is 2.38. The number of ether oxygens (including phenoxy) is 2. The average molecular weight is 472 g/mol. The molecule has 182 valence electrons. The van der Waals surface area contributed by atoms with Crippen LogP contribution in [0.25, 0.3) is 0 Å². The molecule has 1 amide bonds. The summed E-state index contributed by atoms with van der Waals surface area (Å²) in [6, 6.07) is 19.7. The van der Waals surface area contributed by atoms with Gasteiger partial charge in [-0.15, -0.1) is 0 Å². The van der Waals surface area contributed by atoms with Crippen molar-refractivity contribution in [3.63, 3.8) is 0 Å². The van der Waals surface area contributed by atoms with Crippen LogP contribution in [0.1, 0.15) is 55.5 Å².